The van der Waals surface area contributed by atoms with E-state index in [1.165, 1.54) is 35.0 Å². The Balaban J connectivity index is 1.78. The predicted octanol–water partition coefficient (Wildman–Crippen LogP) is 3.40. The fourth-order valence-corrected chi connectivity index (χ4v) is 2.72. The third-order valence-electron chi connectivity index (χ3n) is 2.98. The number of thioether (sulfide) groups is 1. The lowest BCUT2D eigenvalue weighted by Crippen LogP contribution is -1.99. The Labute approximate surface area is 126 Å². The van der Waals surface area contributed by atoms with Gasteiger partial charge in [0, 0.05) is 5.75 Å². The van der Waals surface area contributed by atoms with Crippen LogP contribution >= 0.6 is 11.8 Å². The molecule has 6 heteroatoms. The van der Waals surface area contributed by atoms with Gasteiger partial charge in [-0.15, -0.1) is 5.10 Å². The maximum atomic E-state index is 13.3. The van der Waals surface area contributed by atoms with Crippen molar-refractivity contribution in [2.45, 2.75) is 17.8 Å². The molecule has 0 amide bonds. The fourth-order valence-electron chi connectivity index (χ4n) is 1.87. The third kappa shape index (κ3) is 3.28. The van der Waals surface area contributed by atoms with Crippen LogP contribution in [0.25, 0.3) is 5.69 Å². The summed E-state index contributed by atoms with van der Waals surface area (Å²) in [6.45, 7) is 2.06. The molecule has 1 aromatic heterocycles. The molecule has 0 N–H and O–H groups in total. The Morgan fingerprint density at radius 2 is 1.95 bits per heavy atom. The van der Waals surface area contributed by atoms with Crippen LogP contribution < -0.4 is 0 Å². The Morgan fingerprint density at radius 3 is 2.71 bits per heavy atom. The Hall–Kier alpha value is -2.21. The van der Waals surface area contributed by atoms with Gasteiger partial charge in [-0.05, 0) is 41.1 Å². The van der Waals surface area contributed by atoms with E-state index in [1.807, 2.05) is 0 Å². The molecule has 0 fully saturated rings. The van der Waals surface area contributed by atoms with E-state index in [0.717, 1.165) is 5.75 Å². The molecule has 3 aromatic rings. The maximum absolute atomic E-state index is 13.3. The minimum atomic E-state index is -0.308. The van der Waals surface area contributed by atoms with Crippen LogP contribution in [0.5, 0.6) is 0 Å². The Kier molecular flexibility index (Phi) is 3.96. The van der Waals surface area contributed by atoms with Gasteiger partial charge in [-0.25, -0.2) is 4.39 Å². The monoisotopic (exact) mass is 300 g/mol. The number of hydrogen-bond acceptors (Lipinski definition) is 4. The molecule has 1 heterocycles. The molecule has 0 atom stereocenters. The summed E-state index contributed by atoms with van der Waals surface area (Å²) in [5, 5.41) is 12.2. The molecule has 0 spiro atoms. The molecule has 2 aromatic carbocycles. The highest BCUT2D eigenvalue weighted by Gasteiger charge is 2.09. The predicted molar refractivity (Wildman–Crippen MR) is 79.9 cm³/mol. The van der Waals surface area contributed by atoms with Crippen molar-refractivity contribution < 1.29 is 4.39 Å². The molecule has 21 heavy (non-hydrogen) atoms. The number of rotatable bonds is 4. The normalized spacial score (nSPS) is 10.8. The van der Waals surface area contributed by atoms with E-state index >= 15 is 0 Å². The van der Waals surface area contributed by atoms with Crippen LogP contribution in [0, 0.1) is 12.7 Å². The molecule has 3 rings (SSSR count). The second-order valence-electron chi connectivity index (χ2n) is 4.63. The molecule has 0 unspecified atom stereocenters. The van der Waals surface area contributed by atoms with Gasteiger partial charge >= 0.3 is 0 Å². The Morgan fingerprint density at radius 1 is 1.14 bits per heavy atom. The number of benzene rings is 2. The number of nitrogens with zero attached hydrogens (tertiary/aromatic N) is 4. The van der Waals surface area contributed by atoms with Gasteiger partial charge in [0.2, 0.25) is 5.16 Å². The van der Waals surface area contributed by atoms with Crippen LogP contribution in [0.3, 0.4) is 0 Å². The number of aryl methyl sites for hydroxylation is 1. The first-order valence-corrected chi connectivity index (χ1v) is 7.43. The summed E-state index contributed by atoms with van der Waals surface area (Å²) in [5.41, 5.74) is 3.04. The number of hydrogen-bond donors (Lipinski definition) is 0. The molecular weight excluding hydrogens is 287 g/mol. The summed E-state index contributed by atoms with van der Waals surface area (Å²) in [6.07, 6.45) is 0. The highest BCUT2D eigenvalue weighted by atomic mass is 32.2. The van der Waals surface area contributed by atoms with E-state index < -0.39 is 0 Å². The van der Waals surface area contributed by atoms with Gasteiger partial charge in [0.25, 0.3) is 0 Å². The summed E-state index contributed by atoms with van der Waals surface area (Å²) < 4.78 is 14.8. The topological polar surface area (TPSA) is 43.6 Å². The molecular formula is C15H13FN4S. The lowest BCUT2D eigenvalue weighted by molar-refractivity contribution is 0.623. The number of halogens is 1. The van der Waals surface area contributed by atoms with Gasteiger partial charge in [-0.1, -0.05) is 47.7 Å². The van der Waals surface area contributed by atoms with Crippen molar-refractivity contribution >= 4 is 11.8 Å². The van der Waals surface area contributed by atoms with E-state index in [2.05, 4.69) is 46.7 Å². The minimum absolute atomic E-state index is 0.308. The first-order chi connectivity index (χ1) is 10.2. The van der Waals surface area contributed by atoms with Crippen LogP contribution in [-0.2, 0) is 5.75 Å². The van der Waals surface area contributed by atoms with Crippen molar-refractivity contribution in [2.24, 2.45) is 0 Å². The standard InChI is InChI=1S/C15H13FN4S/c1-11-5-7-12(8-6-11)10-21-15-17-18-19-20(15)14-4-2-3-13(16)9-14/h2-9H,10H2,1H3. The van der Waals surface area contributed by atoms with Gasteiger partial charge in [-0.3, -0.25) is 0 Å². The summed E-state index contributed by atoms with van der Waals surface area (Å²) in [6, 6.07) is 14.5. The van der Waals surface area contributed by atoms with Gasteiger partial charge in [-0.2, -0.15) is 4.68 Å². The van der Waals surface area contributed by atoms with Crippen molar-refractivity contribution in [3.05, 3.63) is 65.5 Å². The Bertz CT molecular complexity index is 739. The van der Waals surface area contributed by atoms with Crippen molar-refractivity contribution in [1.29, 1.82) is 0 Å². The third-order valence-corrected chi connectivity index (χ3v) is 3.97. The van der Waals surface area contributed by atoms with Crippen LogP contribution in [0.1, 0.15) is 11.1 Å². The zero-order valence-electron chi connectivity index (χ0n) is 11.4. The van der Waals surface area contributed by atoms with Gasteiger partial charge in [0.1, 0.15) is 5.82 Å². The molecule has 0 aliphatic heterocycles. The van der Waals surface area contributed by atoms with Gasteiger partial charge < -0.3 is 0 Å². The van der Waals surface area contributed by atoms with Gasteiger partial charge in [0.15, 0.2) is 0 Å². The first kappa shape index (κ1) is 13.8. The summed E-state index contributed by atoms with van der Waals surface area (Å²) >= 11 is 1.52. The zero-order valence-corrected chi connectivity index (χ0v) is 12.2. The smallest absolute Gasteiger partial charge is 0.207 e. The van der Waals surface area contributed by atoms with Crippen LogP contribution in [0.15, 0.2) is 53.7 Å². The lowest BCUT2D eigenvalue weighted by Gasteiger charge is -2.04. The first-order valence-electron chi connectivity index (χ1n) is 6.45. The minimum Gasteiger partial charge on any atom is -0.207 e. The molecule has 106 valence electrons. The number of tetrazole rings is 1. The van der Waals surface area contributed by atoms with E-state index in [4.69, 9.17) is 0 Å². The highest BCUT2D eigenvalue weighted by Crippen LogP contribution is 2.22. The molecule has 0 bridgehead atoms. The second-order valence-corrected chi connectivity index (χ2v) is 5.57. The molecule has 0 aliphatic rings. The lowest BCUT2D eigenvalue weighted by atomic mass is 10.2. The average Bonchev–Trinajstić information content (AvgIpc) is 2.95. The highest BCUT2D eigenvalue weighted by molar-refractivity contribution is 7.98. The number of aromatic nitrogens is 4. The molecule has 0 radical (unpaired) electrons. The second kappa shape index (κ2) is 6.05. The zero-order chi connectivity index (χ0) is 14.7. The molecule has 4 nitrogen and oxygen atoms in total. The SMILES string of the molecule is Cc1ccc(CSc2nnnn2-c2cccc(F)c2)cc1. The van der Waals surface area contributed by atoms with Crippen molar-refractivity contribution in [2.75, 3.05) is 0 Å². The summed E-state index contributed by atoms with van der Waals surface area (Å²) in [4.78, 5) is 0. The van der Waals surface area contributed by atoms with Crippen LogP contribution in [-0.4, -0.2) is 20.2 Å². The molecule has 0 saturated carbocycles. The van der Waals surface area contributed by atoms with Crippen molar-refractivity contribution in [1.82, 2.24) is 20.2 Å². The van der Waals surface area contributed by atoms with Crippen LogP contribution in [0.2, 0.25) is 0 Å². The van der Waals surface area contributed by atoms with E-state index in [1.54, 1.807) is 16.8 Å². The largest absolute Gasteiger partial charge is 0.214 e. The summed E-state index contributed by atoms with van der Waals surface area (Å²) in [5.74, 6) is 0.452. The van der Waals surface area contributed by atoms with Crippen LogP contribution in [0.4, 0.5) is 4.39 Å². The maximum Gasteiger partial charge on any atom is 0.214 e. The molecule has 0 aliphatic carbocycles. The van der Waals surface area contributed by atoms with E-state index in [9.17, 15) is 4.39 Å². The van der Waals surface area contributed by atoms with Gasteiger partial charge in [0.05, 0.1) is 5.69 Å². The summed E-state index contributed by atoms with van der Waals surface area (Å²) in [7, 11) is 0. The average molecular weight is 300 g/mol. The quantitative estimate of drug-likeness (QED) is 0.693. The molecule has 0 saturated heterocycles. The van der Waals surface area contributed by atoms with Crippen molar-refractivity contribution in [3.8, 4) is 5.69 Å². The fraction of sp³-hybridized carbons (Fsp3) is 0.133. The van der Waals surface area contributed by atoms with E-state index in [-0.39, 0.29) is 5.82 Å². The van der Waals surface area contributed by atoms with Crippen molar-refractivity contribution in [3.63, 3.8) is 0 Å². The van der Waals surface area contributed by atoms with E-state index in [0.29, 0.717) is 10.8 Å².